The monoisotopic (exact) mass is 494 g/mol. The Kier molecular flexibility index (Phi) is 5.76. The summed E-state index contributed by atoms with van der Waals surface area (Å²) in [6, 6.07) is 5.80. The highest BCUT2D eigenvalue weighted by atomic mass is 32.2. The van der Waals surface area contributed by atoms with E-state index in [-0.39, 0.29) is 17.0 Å². The van der Waals surface area contributed by atoms with Crippen molar-refractivity contribution in [1.82, 2.24) is 34.3 Å². The number of rotatable bonds is 5. The van der Waals surface area contributed by atoms with Crippen LogP contribution in [0.4, 0.5) is 22.0 Å². The van der Waals surface area contributed by atoms with Crippen LogP contribution in [0.2, 0.25) is 0 Å². The summed E-state index contributed by atoms with van der Waals surface area (Å²) in [4.78, 5) is 13.2. The van der Waals surface area contributed by atoms with E-state index >= 15 is 0 Å². The number of aromatic nitrogens is 7. The summed E-state index contributed by atoms with van der Waals surface area (Å²) in [5.74, 6) is -3.84. The van der Waals surface area contributed by atoms with Crippen molar-refractivity contribution in [2.24, 2.45) is 14.1 Å². The SMILES string of the molecule is CCSc1c(-c2nc3cc(C(F)(F)C(F)(F)F)nnc3n2C)nc(-c2ccc(C#N)cn2)n1C. The van der Waals surface area contributed by atoms with E-state index in [1.807, 2.05) is 13.0 Å². The maximum atomic E-state index is 13.8. The van der Waals surface area contributed by atoms with Crippen molar-refractivity contribution in [2.75, 3.05) is 5.75 Å². The molecule has 0 atom stereocenters. The molecular weight excluding hydrogens is 479 g/mol. The zero-order chi connectivity index (χ0) is 24.8. The molecule has 0 aromatic carbocycles. The van der Waals surface area contributed by atoms with Gasteiger partial charge in [0, 0.05) is 20.3 Å². The number of pyridine rings is 1. The number of nitriles is 1. The van der Waals surface area contributed by atoms with Gasteiger partial charge in [-0.05, 0) is 24.0 Å². The fourth-order valence-electron chi connectivity index (χ4n) is 3.25. The van der Waals surface area contributed by atoms with Crippen LogP contribution in [0.25, 0.3) is 34.2 Å². The van der Waals surface area contributed by atoms with Crippen molar-refractivity contribution in [3.63, 3.8) is 0 Å². The third-order valence-electron chi connectivity index (χ3n) is 4.95. The Labute approximate surface area is 193 Å². The van der Waals surface area contributed by atoms with Crippen molar-refractivity contribution in [3.05, 3.63) is 35.7 Å². The lowest BCUT2D eigenvalue weighted by Crippen LogP contribution is -2.34. The number of alkyl halides is 5. The van der Waals surface area contributed by atoms with Gasteiger partial charge in [0.05, 0.1) is 5.56 Å². The van der Waals surface area contributed by atoms with Gasteiger partial charge in [0.1, 0.15) is 33.7 Å². The zero-order valence-electron chi connectivity index (χ0n) is 17.9. The van der Waals surface area contributed by atoms with E-state index in [1.165, 1.54) is 29.6 Å². The van der Waals surface area contributed by atoms with E-state index in [2.05, 4.69) is 25.1 Å². The van der Waals surface area contributed by atoms with Crippen LogP contribution < -0.4 is 0 Å². The summed E-state index contributed by atoms with van der Waals surface area (Å²) in [6.07, 6.45) is -4.41. The van der Waals surface area contributed by atoms with Crippen LogP contribution in [0.1, 0.15) is 18.2 Å². The fourth-order valence-corrected chi connectivity index (χ4v) is 4.08. The van der Waals surface area contributed by atoms with Gasteiger partial charge < -0.3 is 9.13 Å². The summed E-state index contributed by atoms with van der Waals surface area (Å²) in [6.45, 7) is 1.92. The van der Waals surface area contributed by atoms with Gasteiger partial charge in [-0.1, -0.05) is 6.92 Å². The van der Waals surface area contributed by atoms with Gasteiger partial charge >= 0.3 is 12.1 Å². The molecule has 0 amide bonds. The van der Waals surface area contributed by atoms with Crippen molar-refractivity contribution < 1.29 is 22.0 Å². The second-order valence-corrected chi connectivity index (χ2v) is 8.38. The minimum Gasteiger partial charge on any atom is -0.320 e. The quantitative estimate of drug-likeness (QED) is 0.298. The van der Waals surface area contributed by atoms with Crippen LogP contribution in [-0.4, -0.2) is 46.2 Å². The van der Waals surface area contributed by atoms with E-state index < -0.39 is 17.8 Å². The Morgan fingerprint density at radius 1 is 1.03 bits per heavy atom. The van der Waals surface area contributed by atoms with E-state index in [1.54, 1.807) is 23.7 Å². The van der Waals surface area contributed by atoms with E-state index in [0.717, 1.165) is 0 Å². The van der Waals surface area contributed by atoms with Gasteiger partial charge in [-0.25, -0.2) is 9.97 Å². The molecule has 8 nitrogen and oxygen atoms in total. The van der Waals surface area contributed by atoms with Crippen molar-refractivity contribution in [3.8, 4) is 29.1 Å². The molecule has 0 aliphatic heterocycles. The van der Waals surface area contributed by atoms with Gasteiger partial charge in [-0.15, -0.1) is 22.0 Å². The van der Waals surface area contributed by atoms with E-state index in [9.17, 15) is 22.0 Å². The number of hydrogen-bond acceptors (Lipinski definition) is 7. The van der Waals surface area contributed by atoms with Crippen LogP contribution >= 0.6 is 11.8 Å². The molecule has 4 rings (SSSR count). The summed E-state index contributed by atoms with van der Waals surface area (Å²) in [5.41, 5.74) is -0.461. The summed E-state index contributed by atoms with van der Waals surface area (Å²) in [7, 11) is 3.30. The Bertz CT molecular complexity index is 1420. The highest BCUT2D eigenvalue weighted by Gasteiger charge is 2.60. The van der Waals surface area contributed by atoms with Gasteiger partial charge in [0.15, 0.2) is 17.3 Å². The summed E-state index contributed by atoms with van der Waals surface area (Å²) >= 11 is 1.44. The molecule has 176 valence electrons. The minimum absolute atomic E-state index is 0.0212. The first-order chi connectivity index (χ1) is 16.0. The van der Waals surface area contributed by atoms with Gasteiger partial charge in [0.25, 0.3) is 0 Å². The predicted octanol–water partition coefficient (Wildman–Crippen LogP) is 4.46. The maximum absolute atomic E-state index is 13.8. The molecule has 0 saturated carbocycles. The largest absolute Gasteiger partial charge is 0.459 e. The summed E-state index contributed by atoms with van der Waals surface area (Å²) < 4.78 is 69.1. The highest BCUT2D eigenvalue weighted by Crippen LogP contribution is 2.43. The average Bonchev–Trinajstić information content (AvgIpc) is 3.30. The molecule has 0 unspecified atom stereocenters. The lowest BCUT2D eigenvalue weighted by Gasteiger charge is -2.17. The molecule has 4 aromatic heterocycles. The first kappa shape index (κ1) is 23.6. The number of fused-ring (bicyclic) bond motifs is 1. The number of hydrogen-bond donors (Lipinski definition) is 0. The Hall–Kier alpha value is -3.60. The fraction of sp³-hybridized carbons (Fsp3) is 0.300. The van der Waals surface area contributed by atoms with Gasteiger partial charge in [0.2, 0.25) is 0 Å². The molecule has 0 saturated heterocycles. The first-order valence-corrected chi connectivity index (χ1v) is 10.7. The van der Waals surface area contributed by atoms with Crippen LogP contribution in [-0.2, 0) is 20.0 Å². The number of nitrogens with zero attached hydrogens (tertiary/aromatic N) is 8. The smallest absolute Gasteiger partial charge is 0.320 e. The normalized spacial score (nSPS) is 12.3. The molecule has 0 N–H and O–H groups in total. The molecule has 34 heavy (non-hydrogen) atoms. The maximum Gasteiger partial charge on any atom is 0.459 e. The molecule has 14 heteroatoms. The Morgan fingerprint density at radius 2 is 1.76 bits per heavy atom. The molecule has 4 heterocycles. The lowest BCUT2D eigenvalue weighted by molar-refractivity contribution is -0.291. The average molecular weight is 494 g/mol. The van der Waals surface area contributed by atoms with Crippen molar-refractivity contribution in [2.45, 2.75) is 24.0 Å². The predicted molar refractivity (Wildman–Crippen MR) is 113 cm³/mol. The number of thioether (sulfide) groups is 1. The van der Waals surface area contributed by atoms with Gasteiger partial charge in [-0.2, -0.15) is 27.2 Å². The number of aryl methyl sites for hydroxylation is 1. The highest BCUT2D eigenvalue weighted by molar-refractivity contribution is 7.99. The van der Waals surface area contributed by atoms with Crippen LogP contribution in [0.15, 0.2) is 29.4 Å². The van der Waals surface area contributed by atoms with E-state index in [0.29, 0.717) is 39.6 Å². The molecule has 0 aliphatic carbocycles. The van der Waals surface area contributed by atoms with Crippen molar-refractivity contribution >= 4 is 22.9 Å². The minimum atomic E-state index is -5.82. The second-order valence-electron chi connectivity index (χ2n) is 7.13. The molecule has 0 bridgehead atoms. The molecule has 0 aliphatic rings. The number of imidazole rings is 2. The lowest BCUT2D eigenvalue weighted by atomic mass is 10.2. The Morgan fingerprint density at radius 3 is 2.35 bits per heavy atom. The third kappa shape index (κ3) is 3.75. The molecule has 0 spiro atoms. The first-order valence-electron chi connectivity index (χ1n) is 9.71. The molecule has 0 fully saturated rings. The van der Waals surface area contributed by atoms with E-state index in [4.69, 9.17) is 5.26 Å². The standard InChI is InChI=1S/C20H15F5N8S/c1-4-34-18-14(29-15(33(18)3)11-6-5-10(8-26)9-27-11)17-28-12-7-13(19(21,22)20(23,24)25)30-31-16(12)32(17)2/h5-7,9H,4H2,1-3H3. The number of halogens is 5. The second kappa shape index (κ2) is 8.32. The third-order valence-corrected chi connectivity index (χ3v) is 5.98. The van der Waals surface area contributed by atoms with Crippen LogP contribution in [0.3, 0.4) is 0 Å². The zero-order valence-corrected chi connectivity index (χ0v) is 18.7. The molecule has 4 aromatic rings. The summed E-state index contributed by atoms with van der Waals surface area (Å²) in [5, 5.41) is 16.4. The van der Waals surface area contributed by atoms with Gasteiger partial charge in [-0.3, -0.25) is 4.98 Å². The van der Waals surface area contributed by atoms with Crippen LogP contribution in [0.5, 0.6) is 0 Å². The van der Waals surface area contributed by atoms with Crippen LogP contribution in [0, 0.1) is 11.3 Å². The Balaban J connectivity index is 1.88. The van der Waals surface area contributed by atoms with Crippen molar-refractivity contribution in [1.29, 1.82) is 5.26 Å². The topological polar surface area (TPSA) is 98.1 Å². The molecular formula is C20H15F5N8S. The molecule has 0 radical (unpaired) electrons.